The van der Waals surface area contributed by atoms with Crippen molar-refractivity contribution in [1.29, 1.82) is 0 Å². The lowest BCUT2D eigenvalue weighted by Gasteiger charge is -2.22. The van der Waals surface area contributed by atoms with E-state index in [-0.39, 0.29) is 18.1 Å². The van der Waals surface area contributed by atoms with Gasteiger partial charge in [-0.05, 0) is 53.9 Å². The van der Waals surface area contributed by atoms with Gasteiger partial charge >= 0.3 is 0 Å². The molecule has 0 radical (unpaired) electrons. The van der Waals surface area contributed by atoms with E-state index < -0.39 is 0 Å². The summed E-state index contributed by atoms with van der Waals surface area (Å²) >= 11 is 5.94. The summed E-state index contributed by atoms with van der Waals surface area (Å²) in [6, 6.07) is 23.2. The van der Waals surface area contributed by atoms with Crippen LogP contribution in [0, 0.1) is 5.82 Å². The Morgan fingerprint density at radius 1 is 0.879 bits per heavy atom. The van der Waals surface area contributed by atoms with Crippen molar-refractivity contribution < 1.29 is 13.7 Å². The molecule has 0 saturated carbocycles. The maximum Gasteiger partial charge on any atom is 0.228 e. The van der Waals surface area contributed by atoms with Crippen LogP contribution in [0.4, 0.5) is 4.39 Å². The molecular formula is C26H23ClFN3O2. The molecule has 4 aromatic rings. The molecule has 0 aliphatic heterocycles. The quantitative estimate of drug-likeness (QED) is 0.334. The number of carbonyl (C=O) groups excluding carboxylic acids is 1. The minimum Gasteiger partial charge on any atom is -0.342 e. The molecule has 0 spiro atoms. The van der Waals surface area contributed by atoms with Crippen molar-refractivity contribution in [3.63, 3.8) is 0 Å². The molecule has 3 aromatic carbocycles. The van der Waals surface area contributed by atoms with Gasteiger partial charge in [0.05, 0.1) is 6.42 Å². The zero-order chi connectivity index (χ0) is 23.0. The molecule has 1 aromatic heterocycles. The van der Waals surface area contributed by atoms with E-state index in [1.165, 1.54) is 12.1 Å². The average molecular weight is 464 g/mol. The van der Waals surface area contributed by atoms with Crippen LogP contribution in [-0.4, -0.2) is 34.0 Å². The van der Waals surface area contributed by atoms with Crippen LogP contribution in [0.25, 0.3) is 11.4 Å². The first kappa shape index (κ1) is 22.7. The highest BCUT2D eigenvalue weighted by Gasteiger charge is 2.17. The van der Waals surface area contributed by atoms with E-state index in [2.05, 4.69) is 10.1 Å². The number of halogens is 2. The summed E-state index contributed by atoms with van der Waals surface area (Å²) in [6.07, 6.45) is 1.37. The summed E-state index contributed by atoms with van der Waals surface area (Å²) in [4.78, 5) is 19.3. The molecule has 0 bridgehead atoms. The first-order valence-electron chi connectivity index (χ1n) is 10.7. The Morgan fingerprint density at radius 2 is 1.58 bits per heavy atom. The predicted octanol–water partition coefficient (Wildman–Crippen LogP) is 5.39. The number of aromatic nitrogens is 2. The number of hydrogen-bond donors (Lipinski definition) is 0. The molecule has 0 atom stereocenters. The standard InChI is InChI=1S/C26H23ClFN3O2/c27-22-10-8-21(9-11-22)26-29-24(33-30-26)15-17-31(16-14-19-4-2-1-3-5-19)25(32)18-20-6-12-23(28)13-7-20/h1-13H,14-18H2. The second-order valence-electron chi connectivity index (χ2n) is 7.69. The predicted molar refractivity (Wildman–Crippen MR) is 125 cm³/mol. The molecule has 0 aliphatic carbocycles. The Labute approximate surface area is 196 Å². The Balaban J connectivity index is 1.42. The van der Waals surface area contributed by atoms with Crippen molar-refractivity contribution in [1.82, 2.24) is 15.0 Å². The van der Waals surface area contributed by atoms with E-state index >= 15 is 0 Å². The summed E-state index contributed by atoms with van der Waals surface area (Å²) in [7, 11) is 0. The van der Waals surface area contributed by atoms with Crippen LogP contribution in [0.1, 0.15) is 17.0 Å². The molecule has 0 aliphatic rings. The van der Waals surface area contributed by atoms with Gasteiger partial charge < -0.3 is 9.42 Å². The summed E-state index contributed by atoms with van der Waals surface area (Å²) in [5, 5.41) is 4.68. The Morgan fingerprint density at radius 3 is 2.30 bits per heavy atom. The summed E-state index contributed by atoms with van der Waals surface area (Å²) in [5.41, 5.74) is 2.73. The molecule has 1 heterocycles. The van der Waals surface area contributed by atoms with Gasteiger partial charge in [-0.3, -0.25) is 4.79 Å². The van der Waals surface area contributed by atoms with Gasteiger partial charge in [0, 0.05) is 30.1 Å². The largest absolute Gasteiger partial charge is 0.342 e. The molecule has 0 unspecified atom stereocenters. The minimum absolute atomic E-state index is 0.0324. The summed E-state index contributed by atoms with van der Waals surface area (Å²) in [6.45, 7) is 0.997. The highest BCUT2D eigenvalue weighted by atomic mass is 35.5. The van der Waals surface area contributed by atoms with Gasteiger partial charge in [-0.15, -0.1) is 0 Å². The van der Waals surface area contributed by atoms with Crippen LogP contribution < -0.4 is 0 Å². The first-order valence-corrected chi connectivity index (χ1v) is 11.1. The zero-order valence-corrected chi connectivity index (χ0v) is 18.7. The van der Waals surface area contributed by atoms with E-state index in [9.17, 15) is 9.18 Å². The van der Waals surface area contributed by atoms with Crippen molar-refractivity contribution in [2.45, 2.75) is 19.3 Å². The second kappa shape index (κ2) is 10.9. The minimum atomic E-state index is -0.319. The number of nitrogens with zero attached hydrogens (tertiary/aromatic N) is 3. The number of carbonyl (C=O) groups is 1. The van der Waals surface area contributed by atoms with E-state index in [1.54, 1.807) is 29.2 Å². The normalized spacial score (nSPS) is 10.8. The van der Waals surface area contributed by atoms with Crippen molar-refractivity contribution in [3.8, 4) is 11.4 Å². The number of amides is 1. The van der Waals surface area contributed by atoms with E-state index in [4.69, 9.17) is 16.1 Å². The number of benzene rings is 3. The van der Waals surface area contributed by atoms with Crippen LogP contribution in [0.2, 0.25) is 5.02 Å². The van der Waals surface area contributed by atoms with Gasteiger partial charge in [-0.25, -0.2) is 4.39 Å². The van der Waals surface area contributed by atoms with Gasteiger partial charge in [0.25, 0.3) is 0 Å². The zero-order valence-electron chi connectivity index (χ0n) is 18.0. The highest BCUT2D eigenvalue weighted by Crippen LogP contribution is 2.19. The van der Waals surface area contributed by atoms with Gasteiger partial charge in [0.1, 0.15) is 5.82 Å². The molecule has 33 heavy (non-hydrogen) atoms. The molecule has 168 valence electrons. The fourth-order valence-electron chi connectivity index (χ4n) is 3.46. The maximum absolute atomic E-state index is 13.2. The number of hydrogen-bond acceptors (Lipinski definition) is 4. The lowest BCUT2D eigenvalue weighted by atomic mass is 10.1. The van der Waals surface area contributed by atoms with E-state index in [1.807, 2.05) is 42.5 Å². The van der Waals surface area contributed by atoms with Crippen LogP contribution in [0.15, 0.2) is 83.4 Å². The molecule has 0 fully saturated rings. The Kier molecular flexibility index (Phi) is 7.47. The van der Waals surface area contributed by atoms with Crippen LogP contribution in [0.5, 0.6) is 0 Å². The monoisotopic (exact) mass is 463 g/mol. The summed E-state index contributed by atoms with van der Waals surface area (Å²) in [5.74, 6) is 0.587. The fraction of sp³-hybridized carbons (Fsp3) is 0.192. The molecule has 0 saturated heterocycles. The third-order valence-electron chi connectivity index (χ3n) is 5.30. The SMILES string of the molecule is O=C(Cc1ccc(F)cc1)N(CCc1ccccc1)CCc1nc(-c2ccc(Cl)cc2)no1. The third-order valence-corrected chi connectivity index (χ3v) is 5.55. The lowest BCUT2D eigenvalue weighted by molar-refractivity contribution is -0.130. The van der Waals surface area contributed by atoms with E-state index in [0.717, 1.165) is 23.1 Å². The molecular weight excluding hydrogens is 441 g/mol. The molecule has 4 rings (SSSR count). The van der Waals surface area contributed by atoms with E-state index in [0.29, 0.717) is 36.2 Å². The van der Waals surface area contributed by atoms with Gasteiger partial charge in [0.15, 0.2) is 0 Å². The van der Waals surface area contributed by atoms with Crippen molar-refractivity contribution in [2.24, 2.45) is 0 Å². The van der Waals surface area contributed by atoms with Crippen molar-refractivity contribution in [3.05, 3.63) is 107 Å². The third kappa shape index (κ3) is 6.49. The maximum atomic E-state index is 13.2. The average Bonchev–Trinajstić information content (AvgIpc) is 3.30. The Hall–Kier alpha value is -3.51. The van der Waals surface area contributed by atoms with Crippen molar-refractivity contribution >= 4 is 17.5 Å². The number of rotatable bonds is 9. The smallest absolute Gasteiger partial charge is 0.228 e. The Bertz CT molecular complexity index is 1180. The van der Waals surface area contributed by atoms with Crippen LogP contribution >= 0.6 is 11.6 Å². The van der Waals surface area contributed by atoms with Crippen LogP contribution in [-0.2, 0) is 24.1 Å². The molecule has 5 nitrogen and oxygen atoms in total. The second-order valence-corrected chi connectivity index (χ2v) is 8.12. The molecule has 1 amide bonds. The fourth-order valence-corrected chi connectivity index (χ4v) is 3.59. The topological polar surface area (TPSA) is 59.2 Å². The van der Waals surface area contributed by atoms with Gasteiger partial charge in [0.2, 0.25) is 17.6 Å². The summed E-state index contributed by atoms with van der Waals surface area (Å²) < 4.78 is 18.6. The highest BCUT2D eigenvalue weighted by molar-refractivity contribution is 6.30. The van der Waals surface area contributed by atoms with Gasteiger partial charge in [-0.1, -0.05) is 59.2 Å². The van der Waals surface area contributed by atoms with Crippen molar-refractivity contribution in [2.75, 3.05) is 13.1 Å². The molecule has 0 N–H and O–H groups in total. The first-order chi connectivity index (χ1) is 16.1. The lowest BCUT2D eigenvalue weighted by Crippen LogP contribution is -2.36. The van der Waals surface area contributed by atoms with Gasteiger partial charge in [-0.2, -0.15) is 4.98 Å². The molecule has 7 heteroatoms. The van der Waals surface area contributed by atoms with Crippen LogP contribution in [0.3, 0.4) is 0 Å².